The van der Waals surface area contributed by atoms with Crippen molar-refractivity contribution in [1.29, 1.82) is 0 Å². The maximum absolute atomic E-state index is 10.8. The summed E-state index contributed by atoms with van der Waals surface area (Å²) in [7, 11) is 0. The third-order valence-electron chi connectivity index (χ3n) is 2.74. The van der Waals surface area contributed by atoms with Crippen molar-refractivity contribution in [2.24, 2.45) is 0 Å². The number of aldehydes is 1. The summed E-state index contributed by atoms with van der Waals surface area (Å²) in [5.74, 6) is 0.871. The minimum atomic E-state index is 0.525. The lowest BCUT2D eigenvalue weighted by molar-refractivity contribution is 0.112. The topological polar surface area (TPSA) is 26.3 Å². The smallest absolute Gasteiger partial charge is 0.160 e. The Bertz CT molecular complexity index is 543. The summed E-state index contributed by atoms with van der Waals surface area (Å²) in [6.45, 7) is 4.66. The molecule has 94 valence electrons. The van der Waals surface area contributed by atoms with Crippen molar-refractivity contribution < 1.29 is 9.53 Å². The van der Waals surface area contributed by atoms with Crippen molar-refractivity contribution in [1.82, 2.24) is 0 Å². The summed E-state index contributed by atoms with van der Waals surface area (Å²) in [6, 6.07) is 9.91. The maximum Gasteiger partial charge on any atom is 0.160 e. The third-order valence-corrected chi connectivity index (χ3v) is 3.98. The first-order chi connectivity index (χ1) is 8.72. The van der Waals surface area contributed by atoms with Gasteiger partial charge in [-0.2, -0.15) is 0 Å². The van der Waals surface area contributed by atoms with Crippen LogP contribution in [-0.2, 0) is 13.0 Å². The summed E-state index contributed by atoms with van der Waals surface area (Å²) in [4.78, 5) is 12.8. The number of ether oxygens (including phenoxy) is 1. The van der Waals surface area contributed by atoms with E-state index in [0.717, 1.165) is 28.9 Å². The molecule has 0 spiro atoms. The molecule has 0 amide bonds. The predicted octanol–water partition coefficient (Wildman–Crippen LogP) is 4.01. The molecule has 0 aliphatic carbocycles. The average molecular weight is 260 g/mol. The fourth-order valence-electron chi connectivity index (χ4n) is 1.84. The van der Waals surface area contributed by atoms with Crippen molar-refractivity contribution in [2.45, 2.75) is 26.9 Å². The number of carbonyl (C=O) groups excluding carboxylic acids is 1. The number of hydrogen-bond acceptors (Lipinski definition) is 3. The number of aryl methyl sites for hydroxylation is 2. The summed E-state index contributed by atoms with van der Waals surface area (Å²) in [6.07, 6.45) is 1.84. The molecule has 0 atom stereocenters. The zero-order valence-corrected chi connectivity index (χ0v) is 11.4. The van der Waals surface area contributed by atoms with Gasteiger partial charge in [-0.3, -0.25) is 4.79 Å². The molecule has 0 unspecified atom stereocenters. The van der Waals surface area contributed by atoms with Crippen LogP contribution in [0, 0.1) is 6.92 Å². The van der Waals surface area contributed by atoms with Gasteiger partial charge in [-0.25, -0.2) is 0 Å². The van der Waals surface area contributed by atoms with Gasteiger partial charge in [0.15, 0.2) is 6.29 Å². The zero-order chi connectivity index (χ0) is 13.0. The monoisotopic (exact) mass is 260 g/mol. The Kier molecular flexibility index (Phi) is 4.15. The van der Waals surface area contributed by atoms with E-state index in [9.17, 15) is 4.79 Å². The van der Waals surface area contributed by atoms with E-state index in [-0.39, 0.29) is 0 Å². The molecule has 2 rings (SSSR count). The molecule has 1 heterocycles. The van der Waals surface area contributed by atoms with Gasteiger partial charge in [-0.1, -0.05) is 19.1 Å². The van der Waals surface area contributed by atoms with Crippen molar-refractivity contribution in [3.05, 3.63) is 51.2 Å². The normalized spacial score (nSPS) is 10.3. The maximum atomic E-state index is 10.8. The van der Waals surface area contributed by atoms with Crippen molar-refractivity contribution in [3.63, 3.8) is 0 Å². The van der Waals surface area contributed by atoms with Crippen LogP contribution >= 0.6 is 11.3 Å². The SMILES string of the molecule is CCc1sc(C=O)cc1COc1cccc(C)c1. The average Bonchev–Trinajstić information content (AvgIpc) is 2.79. The first-order valence-corrected chi connectivity index (χ1v) is 6.80. The fourth-order valence-corrected chi connectivity index (χ4v) is 2.76. The zero-order valence-electron chi connectivity index (χ0n) is 10.6. The molecule has 1 aromatic heterocycles. The molecule has 3 heteroatoms. The second kappa shape index (κ2) is 5.83. The van der Waals surface area contributed by atoms with Crippen LogP contribution in [0.25, 0.3) is 0 Å². The van der Waals surface area contributed by atoms with Gasteiger partial charge in [0.05, 0.1) is 4.88 Å². The summed E-state index contributed by atoms with van der Waals surface area (Å²) in [5, 5.41) is 0. The fraction of sp³-hybridized carbons (Fsp3) is 0.267. The van der Waals surface area contributed by atoms with Gasteiger partial charge in [0.1, 0.15) is 12.4 Å². The molecule has 1 aromatic carbocycles. The van der Waals surface area contributed by atoms with Crippen molar-refractivity contribution >= 4 is 17.6 Å². The van der Waals surface area contributed by atoms with Gasteiger partial charge in [-0.15, -0.1) is 11.3 Å². The first kappa shape index (κ1) is 12.8. The molecule has 0 N–H and O–H groups in total. The van der Waals surface area contributed by atoms with Crippen LogP contribution in [0.15, 0.2) is 30.3 Å². The van der Waals surface area contributed by atoms with E-state index in [1.165, 1.54) is 10.4 Å². The van der Waals surface area contributed by atoms with E-state index in [0.29, 0.717) is 6.61 Å². The minimum Gasteiger partial charge on any atom is -0.489 e. The Morgan fingerprint density at radius 3 is 2.83 bits per heavy atom. The van der Waals surface area contributed by atoms with Crippen LogP contribution in [0.4, 0.5) is 0 Å². The first-order valence-electron chi connectivity index (χ1n) is 5.99. The van der Waals surface area contributed by atoms with Gasteiger partial charge in [0.25, 0.3) is 0 Å². The molecule has 18 heavy (non-hydrogen) atoms. The lowest BCUT2D eigenvalue weighted by atomic mass is 10.2. The molecule has 0 saturated heterocycles. The molecule has 0 saturated carbocycles. The third kappa shape index (κ3) is 2.99. The Balaban J connectivity index is 2.10. The standard InChI is InChI=1S/C15H16O2S/c1-3-15-12(8-14(9-16)18-15)10-17-13-6-4-5-11(2)7-13/h4-9H,3,10H2,1-2H3. The van der Waals surface area contributed by atoms with Gasteiger partial charge < -0.3 is 4.74 Å². The summed E-state index contributed by atoms with van der Waals surface area (Å²) >= 11 is 1.55. The van der Waals surface area contributed by atoms with E-state index in [1.54, 1.807) is 11.3 Å². The Morgan fingerprint density at radius 2 is 2.17 bits per heavy atom. The van der Waals surface area contributed by atoms with Crippen molar-refractivity contribution in [3.8, 4) is 5.75 Å². The Hall–Kier alpha value is -1.61. The molecule has 0 bridgehead atoms. The number of thiophene rings is 1. The van der Waals surface area contributed by atoms with E-state index >= 15 is 0 Å². The molecular formula is C15H16O2S. The second-order valence-corrected chi connectivity index (χ2v) is 5.34. The highest BCUT2D eigenvalue weighted by Crippen LogP contribution is 2.23. The lowest BCUT2D eigenvalue weighted by Gasteiger charge is -2.07. The second-order valence-electron chi connectivity index (χ2n) is 4.17. The molecule has 2 nitrogen and oxygen atoms in total. The van der Waals surface area contributed by atoms with Crippen LogP contribution < -0.4 is 4.74 Å². The highest BCUT2D eigenvalue weighted by molar-refractivity contribution is 7.13. The largest absolute Gasteiger partial charge is 0.489 e. The van der Waals surface area contributed by atoms with Crippen LogP contribution in [0.2, 0.25) is 0 Å². The quantitative estimate of drug-likeness (QED) is 0.759. The lowest BCUT2D eigenvalue weighted by Crippen LogP contribution is -1.96. The summed E-state index contributed by atoms with van der Waals surface area (Å²) in [5.41, 5.74) is 2.30. The highest BCUT2D eigenvalue weighted by Gasteiger charge is 2.07. The van der Waals surface area contributed by atoms with E-state index in [2.05, 4.69) is 6.92 Å². The van der Waals surface area contributed by atoms with Gasteiger partial charge in [0.2, 0.25) is 0 Å². The minimum absolute atomic E-state index is 0.525. The number of rotatable bonds is 5. The van der Waals surface area contributed by atoms with E-state index in [4.69, 9.17) is 4.74 Å². The van der Waals surface area contributed by atoms with Gasteiger partial charge in [-0.05, 0) is 37.1 Å². The number of benzene rings is 1. The van der Waals surface area contributed by atoms with Crippen molar-refractivity contribution in [2.75, 3.05) is 0 Å². The molecule has 0 aliphatic heterocycles. The van der Waals surface area contributed by atoms with E-state index in [1.807, 2.05) is 37.3 Å². The highest BCUT2D eigenvalue weighted by atomic mass is 32.1. The Labute approximate surface area is 111 Å². The van der Waals surface area contributed by atoms with Gasteiger partial charge >= 0.3 is 0 Å². The van der Waals surface area contributed by atoms with Crippen LogP contribution in [0.3, 0.4) is 0 Å². The van der Waals surface area contributed by atoms with Crippen LogP contribution in [-0.4, -0.2) is 6.29 Å². The number of carbonyl (C=O) groups is 1. The van der Waals surface area contributed by atoms with Gasteiger partial charge in [0, 0.05) is 10.4 Å². The van der Waals surface area contributed by atoms with Crippen LogP contribution in [0.1, 0.15) is 32.6 Å². The molecule has 0 radical (unpaired) electrons. The van der Waals surface area contributed by atoms with Crippen LogP contribution in [0.5, 0.6) is 5.75 Å². The molecule has 0 aliphatic rings. The molecule has 2 aromatic rings. The predicted molar refractivity (Wildman–Crippen MR) is 74.6 cm³/mol. The number of hydrogen-bond donors (Lipinski definition) is 0. The molecular weight excluding hydrogens is 244 g/mol. The Morgan fingerprint density at radius 1 is 1.33 bits per heavy atom. The summed E-state index contributed by atoms with van der Waals surface area (Å²) < 4.78 is 5.76. The molecule has 0 fully saturated rings. The van der Waals surface area contributed by atoms with E-state index < -0.39 is 0 Å².